The van der Waals surface area contributed by atoms with Crippen molar-refractivity contribution >= 4 is 0 Å². The average Bonchev–Trinajstić information content (AvgIpc) is 3.25. The zero-order valence-corrected chi connectivity index (χ0v) is 11.5. The number of hydrogen-bond acceptors (Lipinski definition) is 3. The van der Waals surface area contributed by atoms with Gasteiger partial charge in [0.15, 0.2) is 0 Å². The Morgan fingerprint density at radius 2 is 1.74 bits per heavy atom. The minimum Gasteiger partial charge on any atom is -0.508 e. The van der Waals surface area contributed by atoms with E-state index in [2.05, 4.69) is 10.2 Å². The maximum Gasteiger partial charge on any atom is 0.115 e. The van der Waals surface area contributed by atoms with Gasteiger partial charge in [0.25, 0.3) is 0 Å². The third kappa shape index (κ3) is 3.95. The fourth-order valence-electron chi connectivity index (χ4n) is 2.81. The number of phenols is 1. The van der Waals surface area contributed by atoms with Crippen LogP contribution in [-0.2, 0) is 6.54 Å². The molecule has 3 rings (SSSR count). The Labute approximate surface area is 115 Å². The van der Waals surface area contributed by atoms with Gasteiger partial charge in [-0.2, -0.15) is 0 Å². The highest BCUT2D eigenvalue weighted by atomic mass is 16.3. The molecule has 104 valence electrons. The highest BCUT2D eigenvalue weighted by Crippen LogP contribution is 2.28. The lowest BCUT2D eigenvalue weighted by Crippen LogP contribution is -2.42. The van der Waals surface area contributed by atoms with Crippen LogP contribution in [0.5, 0.6) is 5.75 Å². The van der Waals surface area contributed by atoms with Crippen molar-refractivity contribution in [3.63, 3.8) is 0 Å². The Morgan fingerprint density at radius 1 is 1.05 bits per heavy atom. The molecule has 2 aliphatic rings. The summed E-state index contributed by atoms with van der Waals surface area (Å²) >= 11 is 0. The van der Waals surface area contributed by atoms with E-state index in [1.807, 2.05) is 12.1 Å². The van der Waals surface area contributed by atoms with Crippen molar-refractivity contribution in [3.05, 3.63) is 29.8 Å². The molecule has 1 aliphatic carbocycles. The van der Waals surface area contributed by atoms with Crippen molar-refractivity contribution in [1.82, 2.24) is 10.2 Å². The van der Waals surface area contributed by atoms with E-state index in [0.717, 1.165) is 18.5 Å². The summed E-state index contributed by atoms with van der Waals surface area (Å²) in [5.74, 6) is 1.33. The van der Waals surface area contributed by atoms with Crippen LogP contribution in [0.3, 0.4) is 0 Å². The first kappa shape index (κ1) is 12.9. The van der Waals surface area contributed by atoms with Crippen LogP contribution in [0.1, 0.15) is 31.2 Å². The maximum atomic E-state index is 9.28. The van der Waals surface area contributed by atoms with Gasteiger partial charge in [-0.3, -0.25) is 4.90 Å². The first-order valence-electron chi connectivity index (χ1n) is 7.53. The van der Waals surface area contributed by atoms with Gasteiger partial charge in [0.05, 0.1) is 0 Å². The van der Waals surface area contributed by atoms with Crippen LogP contribution in [-0.4, -0.2) is 35.7 Å². The maximum absolute atomic E-state index is 9.28. The third-order valence-corrected chi connectivity index (χ3v) is 4.32. The van der Waals surface area contributed by atoms with Crippen LogP contribution in [0.25, 0.3) is 0 Å². The fourth-order valence-corrected chi connectivity index (χ4v) is 2.81. The van der Waals surface area contributed by atoms with E-state index < -0.39 is 0 Å². The quantitative estimate of drug-likeness (QED) is 0.853. The SMILES string of the molecule is Oc1ccc(CN2CCC(NCC3CC3)CC2)cc1. The molecule has 19 heavy (non-hydrogen) atoms. The molecule has 1 aliphatic heterocycles. The molecule has 0 bridgehead atoms. The van der Waals surface area contributed by atoms with Gasteiger partial charge in [-0.25, -0.2) is 0 Å². The van der Waals surface area contributed by atoms with Crippen LogP contribution in [0, 0.1) is 5.92 Å². The molecule has 0 amide bonds. The first-order chi connectivity index (χ1) is 9.29. The molecule has 1 aromatic carbocycles. The van der Waals surface area contributed by atoms with Crippen LogP contribution in [0.4, 0.5) is 0 Å². The molecule has 2 fully saturated rings. The Bertz CT molecular complexity index is 392. The van der Waals surface area contributed by atoms with E-state index in [1.54, 1.807) is 12.1 Å². The van der Waals surface area contributed by atoms with Gasteiger partial charge in [0.1, 0.15) is 5.75 Å². The topological polar surface area (TPSA) is 35.5 Å². The van der Waals surface area contributed by atoms with Crippen molar-refractivity contribution in [2.75, 3.05) is 19.6 Å². The zero-order chi connectivity index (χ0) is 13.1. The lowest BCUT2D eigenvalue weighted by molar-refractivity contribution is 0.190. The molecule has 0 radical (unpaired) electrons. The second kappa shape index (κ2) is 5.93. The molecule has 2 N–H and O–H groups in total. The van der Waals surface area contributed by atoms with E-state index in [4.69, 9.17) is 0 Å². The second-order valence-corrected chi connectivity index (χ2v) is 6.07. The number of rotatable bonds is 5. The molecule has 1 heterocycles. The molecule has 1 saturated heterocycles. The largest absolute Gasteiger partial charge is 0.508 e. The summed E-state index contributed by atoms with van der Waals surface area (Å²) < 4.78 is 0. The Kier molecular flexibility index (Phi) is 4.04. The minimum absolute atomic E-state index is 0.353. The molecular weight excluding hydrogens is 236 g/mol. The Balaban J connectivity index is 1.40. The lowest BCUT2D eigenvalue weighted by Gasteiger charge is -2.32. The van der Waals surface area contributed by atoms with E-state index in [0.29, 0.717) is 5.75 Å². The Hall–Kier alpha value is -1.06. The number of benzene rings is 1. The first-order valence-corrected chi connectivity index (χ1v) is 7.53. The van der Waals surface area contributed by atoms with Gasteiger partial charge in [-0.15, -0.1) is 0 Å². The molecule has 0 unspecified atom stereocenters. The van der Waals surface area contributed by atoms with Gasteiger partial charge in [-0.1, -0.05) is 12.1 Å². The van der Waals surface area contributed by atoms with Crippen molar-refractivity contribution in [1.29, 1.82) is 0 Å². The molecule has 0 aromatic heterocycles. The van der Waals surface area contributed by atoms with Gasteiger partial charge in [0, 0.05) is 12.6 Å². The molecule has 1 saturated carbocycles. The summed E-state index contributed by atoms with van der Waals surface area (Å²) in [6.07, 6.45) is 5.41. The van der Waals surface area contributed by atoms with Gasteiger partial charge >= 0.3 is 0 Å². The third-order valence-electron chi connectivity index (χ3n) is 4.32. The van der Waals surface area contributed by atoms with Crippen LogP contribution >= 0.6 is 0 Å². The highest BCUT2D eigenvalue weighted by Gasteiger charge is 2.24. The van der Waals surface area contributed by atoms with Crippen molar-refractivity contribution in [2.45, 2.75) is 38.3 Å². The standard InChI is InChI=1S/C16H24N2O/c19-16-5-3-14(4-6-16)12-18-9-7-15(8-10-18)17-11-13-1-2-13/h3-6,13,15,17,19H,1-2,7-12H2. The van der Waals surface area contributed by atoms with E-state index >= 15 is 0 Å². The normalized spacial score (nSPS) is 21.7. The van der Waals surface area contributed by atoms with E-state index in [9.17, 15) is 5.11 Å². The predicted molar refractivity (Wildman–Crippen MR) is 77.1 cm³/mol. The number of phenolic OH excluding ortho intramolecular Hbond substituents is 1. The zero-order valence-electron chi connectivity index (χ0n) is 11.5. The number of piperidine rings is 1. The van der Waals surface area contributed by atoms with Crippen molar-refractivity contribution in [2.24, 2.45) is 5.92 Å². The van der Waals surface area contributed by atoms with Gasteiger partial charge in [0.2, 0.25) is 0 Å². The lowest BCUT2D eigenvalue weighted by atomic mass is 10.0. The molecule has 0 spiro atoms. The minimum atomic E-state index is 0.353. The van der Waals surface area contributed by atoms with E-state index in [1.165, 1.54) is 50.9 Å². The summed E-state index contributed by atoms with van der Waals surface area (Å²) in [7, 11) is 0. The number of nitrogens with one attached hydrogen (secondary N) is 1. The number of likely N-dealkylation sites (tertiary alicyclic amines) is 1. The number of aromatic hydroxyl groups is 1. The Morgan fingerprint density at radius 3 is 2.37 bits per heavy atom. The van der Waals surface area contributed by atoms with Crippen LogP contribution in [0.15, 0.2) is 24.3 Å². The summed E-state index contributed by atoms with van der Waals surface area (Å²) in [5.41, 5.74) is 1.29. The summed E-state index contributed by atoms with van der Waals surface area (Å²) in [4.78, 5) is 2.52. The smallest absolute Gasteiger partial charge is 0.115 e. The van der Waals surface area contributed by atoms with Crippen molar-refractivity contribution in [3.8, 4) is 5.75 Å². The molecule has 3 heteroatoms. The predicted octanol–water partition coefficient (Wildman–Crippen LogP) is 2.36. The average molecular weight is 260 g/mol. The van der Waals surface area contributed by atoms with Crippen molar-refractivity contribution < 1.29 is 5.11 Å². The van der Waals surface area contributed by atoms with Crippen LogP contribution in [0.2, 0.25) is 0 Å². The van der Waals surface area contributed by atoms with Crippen LogP contribution < -0.4 is 5.32 Å². The summed E-state index contributed by atoms with van der Waals surface area (Å²) in [6.45, 7) is 4.62. The molecule has 0 atom stereocenters. The second-order valence-electron chi connectivity index (χ2n) is 6.07. The van der Waals surface area contributed by atoms with Gasteiger partial charge in [-0.05, 0) is 68.9 Å². The number of nitrogens with zero attached hydrogens (tertiary/aromatic N) is 1. The summed E-state index contributed by atoms with van der Waals surface area (Å²) in [5, 5.41) is 13.0. The molecular formula is C16H24N2O. The van der Waals surface area contributed by atoms with E-state index in [-0.39, 0.29) is 0 Å². The number of hydrogen-bond donors (Lipinski definition) is 2. The molecule has 3 nitrogen and oxygen atoms in total. The summed E-state index contributed by atoms with van der Waals surface area (Å²) in [6, 6.07) is 8.33. The molecule has 1 aromatic rings. The highest BCUT2D eigenvalue weighted by molar-refractivity contribution is 5.25. The van der Waals surface area contributed by atoms with Gasteiger partial charge < -0.3 is 10.4 Å². The fraction of sp³-hybridized carbons (Fsp3) is 0.625. The monoisotopic (exact) mass is 260 g/mol.